The molecule has 4 heteroatoms. The predicted octanol–water partition coefficient (Wildman–Crippen LogP) is 1.65. The molecule has 0 saturated carbocycles. The van der Waals surface area contributed by atoms with E-state index in [2.05, 4.69) is 0 Å². The maximum absolute atomic E-state index is 12.6. The molecule has 1 aliphatic rings. The SMILES string of the molecule is CC(C)N1CCC(F)(F)CC1=O. The van der Waals surface area contributed by atoms with Crippen molar-refractivity contribution in [2.75, 3.05) is 6.54 Å². The summed E-state index contributed by atoms with van der Waals surface area (Å²) in [7, 11) is 0. The molecular weight excluding hydrogens is 164 g/mol. The molecule has 0 unspecified atom stereocenters. The minimum atomic E-state index is -2.78. The van der Waals surface area contributed by atoms with Gasteiger partial charge < -0.3 is 4.90 Å². The van der Waals surface area contributed by atoms with Crippen LogP contribution in [0.3, 0.4) is 0 Å². The van der Waals surface area contributed by atoms with Crippen LogP contribution >= 0.6 is 0 Å². The van der Waals surface area contributed by atoms with E-state index in [0.717, 1.165) is 0 Å². The maximum atomic E-state index is 12.6. The van der Waals surface area contributed by atoms with Gasteiger partial charge in [0, 0.05) is 19.0 Å². The lowest BCUT2D eigenvalue weighted by molar-refractivity contribution is -0.149. The number of hydrogen-bond donors (Lipinski definition) is 0. The van der Waals surface area contributed by atoms with Crippen molar-refractivity contribution in [3.8, 4) is 0 Å². The molecule has 1 aliphatic heterocycles. The van der Waals surface area contributed by atoms with E-state index in [-0.39, 0.29) is 19.0 Å². The number of likely N-dealkylation sites (tertiary alicyclic amines) is 1. The standard InChI is InChI=1S/C8H13F2NO/c1-6(2)11-4-3-8(9,10)5-7(11)12/h6H,3-5H2,1-2H3. The Balaban J connectivity index is 2.60. The molecule has 0 aliphatic carbocycles. The smallest absolute Gasteiger partial charge is 0.258 e. The number of halogens is 2. The zero-order valence-electron chi connectivity index (χ0n) is 7.31. The molecule has 70 valence electrons. The number of carbonyl (C=O) groups is 1. The van der Waals surface area contributed by atoms with E-state index in [0.29, 0.717) is 0 Å². The molecule has 1 heterocycles. The average molecular weight is 177 g/mol. The van der Waals surface area contributed by atoms with Crippen molar-refractivity contribution in [2.24, 2.45) is 0 Å². The van der Waals surface area contributed by atoms with Gasteiger partial charge in [0.05, 0.1) is 6.42 Å². The molecule has 1 rings (SSSR count). The Bertz CT molecular complexity index is 191. The molecule has 0 bridgehead atoms. The second-order valence-electron chi connectivity index (χ2n) is 3.46. The topological polar surface area (TPSA) is 20.3 Å². The number of nitrogens with zero attached hydrogens (tertiary/aromatic N) is 1. The molecule has 0 aromatic carbocycles. The van der Waals surface area contributed by atoms with E-state index in [9.17, 15) is 13.6 Å². The first-order valence-corrected chi connectivity index (χ1v) is 4.10. The summed E-state index contributed by atoms with van der Waals surface area (Å²) in [4.78, 5) is 12.6. The van der Waals surface area contributed by atoms with E-state index in [1.807, 2.05) is 13.8 Å². The van der Waals surface area contributed by atoms with Crippen molar-refractivity contribution in [3.63, 3.8) is 0 Å². The third kappa shape index (κ3) is 1.93. The highest BCUT2D eigenvalue weighted by Crippen LogP contribution is 2.29. The normalized spacial score (nSPS) is 23.4. The fraction of sp³-hybridized carbons (Fsp3) is 0.875. The molecule has 1 saturated heterocycles. The molecule has 0 aromatic rings. The second-order valence-corrected chi connectivity index (χ2v) is 3.46. The van der Waals surface area contributed by atoms with Crippen molar-refractivity contribution in [1.82, 2.24) is 4.90 Å². The highest BCUT2D eigenvalue weighted by atomic mass is 19.3. The van der Waals surface area contributed by atoms with E-state index in [4.69, 9.17) is 0 Å². The Morgan fingerprint density at radius 2 is 2.08 bits per heavy atom. The maximum Gasteiger partial charge on any atom is 0.258 e. The van der Waals surface area contributed by atoms with Crippen LogP contribution in [0.25, 0.3) is 0 Å². The van der Waals surface area contributed by atoms with Gasteiger partial charge in [0.15, 0.2) is 0 Å². The van der Waals surface area contributed by atoms with E-state index in [1.54, 1.807) is 0 Å². The van der Waals surface area contributed by atoms with E-state index in [1.165, 1.54) is 4.90 Å². The van der Waals surface area contributed by atoms with Gasteiger partial charge in [-0.15, -0.1) is 0 Å². The number of carbonyl (C=O) groups excluding carboxylic acids is 1. The Morgan fingerprint density at radius 3 is 2.50 bits per heavy atom. The lowest BCUT2D eigenvalue weighted by Crippen LogP contribution is -2.46. The highest BCUT2D eigenvalue weighted by molar-refractivity contribution is 5.78. The molecule has 0 atom stereocenters. The van der Waals surface area contributed by atoms with Gasteiger partial charge >= 0.3 is 0 Å². The van der Waals surface area contributed by atoms with Crippen LogP contribution in [0.15, 0.2) is 0 Å². The molecule has 0 N–H and O–H groups in total. The van der Waals surface area contributed by atoms with Crippen molar-refractivity contribution in [2.45, 2.75) is 38.7 Å². The van der Waals surface area contributed by atoms with Crippen LogP contribution in [0.2, 0.25) is 0 Å². The first-order chi connectivity index (χ1) is 5.42. The molecule has 1 amide bonds. The van der Waals surface area contributed by atoms with Gasteiger partial charge in [0.2, 0.25) is 5.91 Å². The summed E-state index contributed by atoms with van der Waals surface area (Å²) in [5.41, 5.74) is 0. The van der Waals surface area contributed by atoms with Gasteiger partial charge in [0.1, 0.15) is 0 Å². The zero-order chi connectivity index (χ0) is 9.35. The van der Waals surface area contributed by atoms with Crippen LogP contribution in [0, 0.1) is 0 Å². The van der Waals surface area contributed by atoms with Crippen LogP contribution in [0.5, 0.6) is 0 Å². The fourth-order valence-electron chi connectivity index (χ4n) is 1.37. The molecule has 0 radical (unpaired) electrons. The van der Waals surface area contributed by atoms with Gasteiger partial charge in [-0.05, 0) is 13.8 Å². The van der Waals surface area contributed by atoms with Crippen LogP contribution in [0.4, 0.5) is 8.78 Å². The monoisotopic (exact) mass is 177 g/mol. The third-order valence-corrected chi connectivity index (χ3v) is 2.07. The minimum Gasteiger partial charge on any atom is -0.340 e. The summed E-state index contributed by atoms with van der Waals surface area (Å²) in [6, 6.07) is 0.0357. The molecular formula is C8H13F2NO. The highest BCUT2D eigenvalue weighted by Gasteiger charge is 2.39. The Hall–Kier alpha value is -0.670. The van der Waals surface area contributed by atoms with Crippen molar-refractivity contribution >= 4 is 5.91 Å². The second kappa shape index (κ2) is 2.99. The van der Waals surface area contributed by atoms with Gasteiger partial charge in [-0.3, -0.25) is 4.79 Å². The number of hydrogen-bond acceptors (Lipinski definition) is 1. The lowest BCUT2D eigenvalue weighted by atomic mass is 10.0. The molecule has 12 heavy (non-hydrogen) atoms. The summed E-state index contributed by atoms with van der Waals surface area (Å²) < 4.78 is 25.3. The lowest BCUT2D eigenvalue weighted by Gasteiger charge is -2.34. The van der Waals surface area contributed by atoms with Gasteiger partial charge in [-0.25, -0.2) is 8.78 Å². The summed E-state index contributed by atoms with van der Waals surface area (Å²) >= 11 is 0. The first-order valence-electron chi connectivity index (χ1n) is 4.10. The van der Waals surface area contributed by atoms with E-state index < -0.39 is 18.3 Å². The van der Waals surface area contributed by atoms with Crippen molar-refractivity contribution in [3.05, 3.63) is 0 Å². The Labute approximate surface area is 70.5 Å². The summed E-state index contributed by atoms with van der Waals surface area (Å²) in [5.74, 6) is -3.20. The van der Waals surface area contributed by atoms with Crippen LogP contribution in [-0.2, 0) is 4.79 Å². The zero-order valence-corrected chi connectivity index (χ0v) is 7.31. The Morgan fingerprint density at radius 1 is 1.50 bits per heavy atom. The molecule has 2 nitrogen and oxygen atoms in total. The minimum absolute atomic E-state index is 0.0357. The predicted molar refractivity (Wildman–Crippen MR) is 41.0 cm³/mol. The first kappa shape index (κ1) is 9.42. The Kier molecular flexibility index (Phi) is 2.35. The van der Waals surface area contributed by atoms with Crippen molar-refractivity contribution in [1.29, 1.82) is 0 Å². The summed E-state index contributed by atoms with van der Waals surface area (Å²) in [5, 5.41) is 0. The molecule has 1 fully saturated rings. The average Bonchev–Trinajstić information content (AvgIpc) is 1.83. The van der Waals surface area contributed by atoms with E-state index >= 15 is 0 Å². The molecule has 0 spiro atoms. The largest absolute Gasteiger partial charge is 0.340 e. The number of amides is 1. The fourth-order valence-corrected chi connectivity index (χ4v) is 1.37. The third-order valence-electron chi connectivity index (χ3n) is 2.07. The number of piperidine rings is 1. The number of alkyl halides is 2. The van der Waals surface area contributed by atoms with Crippen molar-refractivity contribution < 1.29 is 13.6 Å². The van der Waals surface area contributed by atoms with Crippen LogP contribution < -0.4 is 0 Å². The van der Waals surface area contributed by atoms with Crippen LogP contribution in [-0.4, -0.2) is 29.3 Å². The summed E-state index contributed by atoms with van der Waals surface area (Å²) in [6.45, 7) is 3.85. The quantitative estimate of drug-likeness (QED) is 0.596. The summed E-state index contributed by atoms with van der Waals surface area (Å²) in [6.07, 6.45) is -0.817. The van der Waals surface area contributed by atoms with Gasteiger partial charge in [-0.1, -0.05) is 0 Å². The number of rotatable bonds is 1. The van der Waals surface area contributed by atoms with Gasteiger partial charge in [-0.2, -0.15) is 0 Å². The van der Waals surface area contributed by atoms with Crippen LogP contribution in [0.1, 0.15) is 26.7 Å². The molecule has 0 aromatic heterocycles. The van der Waals surface area contributed by atoms with Gasteiger partial charge in [0.25, 0.3) is 5.92 Å².